The van der Waals surface area contributed by atoms with E-state index in [-0.39, 0.29) is 12.0 Å². The molecule has 0 unspecified atom stereocenters. The van der Waals surface area contributed by atoms with Crippen molar-refractivity contribution in [3.63, 3.8) is 0 Å². The van der Waals surface area contributed by atoms with Gasteiger partial charge in [-0.2, -0.15) is 0 Å². The van der Waals surface area contributed by atoms with Gasteiger partial charge < -0.3 is 14.8 Å². The highest BCUT2D eigenvalue weighted by Crippen LogP contribution is 2.15. The van der Waals surface area contributed by atoms with E-state index in [0.717, 1.165) is 18.6 Å². The molecule has 140 valence electrons. The van der Waals surface area contributed by atoms with Crippen LogP contribution in [0.3, 0.4) is 0 Å². The van der Waals surface area contributed by atoms with Crippen LogP contribution < -0.4 is 14.8 Å². The van der Waals surface area contributed by atoms with Crippen molar-refractivity contribution in [3.05, 3.63) is 59.7 Å². The third kappa shape index (κ3) is 6.79. The summed E-state index contributed by atoms with van der Waals surface area (Å²) in [5.74, 6) is 1.51. The second-order valence-corrected chi connectivity index (χ2v) is 6.78. The zero-order valence-corrected chi connectivity index (χ0v) is 16.1. The molecule has 2 aromatic rings. The zero-order chi connectivity index (χ0) is 18.9. The molecule has 0 bridgehead atoms. The van der Waals surface area contributed by atoms with Crippen molar-refractivity contribution in [2.45, 2.75) is 52.7 Å². The minimum absolute atomic E-state index is 0.0914. The van der Waals surface area contributed by atoms with Gasteiger partial charge in [-0.25, -0.2) is 0 Å². The summed E-state index contributed by atoms with van der Waals surface area (Å²) >= 11 is 0. The van der Waals surface area contributed by atoms with Crippen molar-refractivity contribution < 1.29 is 14.3 Å². The van der Waals surface area contributed by atoms with Gasteiger partial charge in [0.05, 0.1) is 6.10 Å². The molecular weight excluding hydrogens is 326 g/mol. The number of ether oxygens (including phenoxy) is 2. The van der Waals surface area contributed by atoms with Crippen LogP contribution in [0.2, 0.25) is 0 Å². The van der Waals surface area contributed by atoms with Gasteiger partial charge in [-0.15, -0.1) is 0 Å². The van der Waals surface area contributed by atoms with Crippen molar-refractivity contribution in [3.8, 4) is 11.5 Å². The Bertz CT molecular complexity index is 678. The minimum atomic E-state index is -0.509. The van der Waals surface area contributed by atoms with Crippen molar-refractivity contribution in [1.82, 2.24) is 5.32 Å². The molecule has 1 amide bonds. The summed E-state index contributed by atoms with van der Waals surface area (Å²) in [6.07, 6.45) is 1.47. The first kappa shape index (κ1) is 19.8. The number of carbonyl (C=O) groups excluding carboxylic acids is 1. The lowest BCUT2D eigenvalue weighted by atomic mass is 10.1. The first-order valence-electron chi connectivity index (χ1n) is 9.20. The van der Waals surface area contributed by atoms with Crippen LogP contribution in [-0.2, 0) is 11.2 Å². The average molecular weight is 355 g/mol. The second-order valence-electron chi connectivity index (χ2n) is 6.78. The van der Waals surface area contributed by atoms with Crippen molar-refractivity contribution in [2.75, 3.05) is 6.54 Å². The van der Waals surface area contributed by atoms with E-state index in [1.54, 1.807) is 6.92 Å². The third-order valence-electron chi connectivity index (χ3n) is 3.94. The third-order valence-corrected chi connectivity index (χ3v) is 3.94. The van der Waals surface area contributed by atoms with E-state index >= 15 is 0 Å². The molecule has 4 heteroatoms. The molecule has 0 fully saturated rings. The van der Waals surface area contributed by atoms with Gasteiger partial charge >= 0.3 is 0 Å². The highest BCUT2D eigenvalue weighted by atomic mass is 16.5. The molecule has 1 atom stereocenters. The van der Waals surface area contributed by atoms with Gasteiger partial charge in [0.15, 0.2) is 6.10 Å². The van der Waals surface area contributed by atoms with Gasteiger partial charge in [0.2, 0.25) is 0 Å². The number of hydrogen-bond acceptors (Lipinski definition) is 3. The van der Waals surface area contributed by atoms with E-state index in [9.17, 15) is 4.79 Å². The summed E-state index contributed by atoms with van der Waals surface area (Å²) < 4.78 is 11.3. The smallest absolute Gasteiger partial charge is 0.260 e. The van der Waals surface area contributed by atoms with Gasteiger partial charge in [-0.1, -0.05) is 29.8 Å². The fourth-order valence-corrected chi connectivity index (χ4v) is 2.53. The van der Waals surface area contributed by atoms with Gasteiger partial charge in [-0.3, -0.25) is 4.79 Å². The molecule has 2 rings (SSSR count). The van der Waals surface area contributed by atoms with Crippen LogP contribution in [-0.4, -0.2) is 24.7 Å². The van der Waals surface area contributed by atoms with Crippen LogP contribution in [0.5, 0.6) is 11.5 Å². The number of amides is 1. The predicted molar refractivity (Wildman–Crippen MR) is 105 cm³/mol. The first-order chi connectivity index (χ1) is 12.4. The number of rotatable bonds is 9. The van der Waals surface area contributed by atoms with Crippen molar-refractivity contribution >= 4 is 5.91 Å². The quantitative estimate of drug-likeness (QED) is 0.682. The van der Waals surface area contributed by atoms with Crippen LogP contribution in [0.1, 0.15) is 38.3 Å². The molecule has 4 nitrogen and oxygen atoms in total. The van der Waals surface area contributed by atoms with Crippen LogP contribution in [0, 0.1) is 6.92 Å². The van der Waals surface area contributed by atoms with Gasteiger partial charge in [0, 0.05) is 6.54 Å². The first-order valence-corrected chi connectivity index (χ1v) is 9.20. The Kier molecular flexibility index (Phi) is 7.52. The van der Waals surface area contributed by atoms with E-state index in [0.29, 0.717) is 12.3 Å². The lowest BCUT2D eigenvalue weighted by Gasteiger charge is -2.15. The van der Waals surface area contributed by atoms with E-state index in [1.165, 1.54) is 11.1 Å². The summed E-state index contributed by atoms with van der Waals surface area (Å²) in [7, 11) is 0. The van der Waals surface area contributed by atoms with E-state index in [2.05, 4.69) is 17.4 Å². The second kappa shape index (κ2) is 9.85. The molecule has 0 aromatic heterocycles. The summed E-state index contributed by atoms with van der Waals surface area (Å²) in [5, 5.41) is 2.93. The average Bonchev–Trinajstić information content (AvgIpc) is 2.61. The fraction of sp³-hybridized carbons (Fsp3) is 0.409. The standard InChI is InChI=1S/C22H29NO3/c1-16(2)25-20-13-9-19(10-14-20)6-5-15-23-22(24)18(4)26-21-11-7-17(3)8-12-21/h7-14,16,18H,5-6,15H2,1-4H3,(H,23,24)/t18-/m1/s1. The topological polar surface area (TPSA) is 47.6 Å². The highest BCUT2D eigenvalue weighted by molar-refractivity contribution is 5.80. The van der Waals surface area contributed by atoms with E-state index in [4.69, 9.17) is 9.47 Å². The molecule has 2 aromatic carbocycles. The molecular formula is C22H29NO3. The Balaban J connectivity index is 1.68. The summed E-state index contributed by atoms with van der Waals surface area (Å²) in [5.41, 5.74) is 2.40. The Morgan fingerprint density at radius 2 is 1.50 bits per heavy atom. The largest absolute Gasteiger partial charge is 0.491 e. The Hall–Kier alpha value is -2.49. The normalized spacial score (nSPS) is 11.9. The number of hydrogen-bond donors (Lipinski definition) is 1. The SMILES string of the molecule is Cc1ccc(O[C@H](C)C(=O)NCCCc2ccc(OC(C)C)cc2)cc1. The monoisotopic (exact) mass is 355 g/mol. The van der Waals surface area contributed by atoms with E-state index in [1.807, 2.05) is 57.2 Å². The molecule has 0 spiro atoms. The van der Waals surface area contributed by atoms with Gasteiger partial charge in [-0.05, 0) is 70.4 Å². The maximum absolute atomic E-state index is 12.1. The van der Waals surface area contributed by atoms with Crippen LogP contribution >= 0.6 is 0 Å². The summed E-state index contributed by atoms with van der Waals surface area (Å²) in [4.78, 5) is 12.1. The number of carbonyl (C=O) groups is 1. The van der Waals surface area contributed by atoms with Crippen molar-refractivity contribution in [2.24, 2.45) is 0 Å². The molecule has 1 N–H and O–H groups in total. The number of nitrogens with one attached hydrogen (secondary N) is 1. The van der Waals surface area contributed by atoms with E-state index < -0.39 is 6.10 Å². The molecule has 0 aliphatic carbocycles. The summed E-state index contributed by atoms with van der Waals surface area (Å²) in [6, 6.07) is 15.8. The van der Waals surface area contributed by atoms with Gasteiger partial charge in [0.1, 0.15) is 11.5 Å². The maximum Gasteiger partial charge on any atom is 0.260 e. The Morgan fingerprint density at radius 3 is 2.12 bits per heavy atom. The predicted octanol–water partition coefficient (Wildman–Crippen LogP) is 4.30. The maximum atomic E-state index is 12.1. The lowest BCUT2D eigenvalue weighted by molar-refractivity contribution is -0.127. The zero-order valence-electron chi connectivity index (χ0n) is 16.1. The molecule has 0 heterocycles. The van der Waals surface area contributed by atoms with Crippen LogP contribution in [0.25, 0.3) is 0 Å². The molecule has 0 radical (unpaired) electrons. The Morgan fingerprint density at radius 1 is 0.923 bits per heavy atom. The molecule has 0 saturated heterocycles. The summed E-state index contributed by atoms with van der Waals surface area (Å²) in [6.45, 7) is 8.44. The lowest BCUT2D eigenvalue weighted by Crippen LogP contribution is -2.36. The van der Waals surface area contributed by atoms with Crippen molar-refractivity contribution in [1.29, 1.82) is 0 Å². The minimum Gasteiger partial charge on any atom is -0.491 e. The van der Waals surface area contributed by atoms with Crippen LogP contribution in [0.15, 0.2) is 48.5 Å². The highest BCUT2D eigenvalue weighted by Gasteiger charge is 2.13. The number of benzene rings is 2. The molecule has 0 aliphatic heterocycles. The molecule has 0 saturated carbocycles. The fourth-order valence-electron chi connectivity index (χ4n) is 2.53. The van der Waals surface area contributed by atoms with Crippen LogP contribution in [0.4, 0.5) is 0 Å². The Labute approximate surface area is 156 Å². The van der Waals surface area contributed by atoms with Gasteiger partial charge in [0.25, 0.3) is 5.91 Å². The molecule has 26 heavy (non-hydrogen) atoms. The molecule has 0 aliphatic rings. The number of aryl methyl sites for hydroxylation is 2.